The van der Waals surface area contributed by atoms with Crippen LogP contribution in [-0.4, -0.2) is 26.4 Å². The molecule has 0 aliphatic heterocycles. The van der Waals surface area contributed by atoms with Crippen molar-refractivity contribution in [2.45, 2.75) is 0 Å². The largest absolute Gasteiger partial charge is 0.508 e. The number of phenolic OH excluding ortho intramolecular Hbond substituents is 4. The Hall–Kier alpha value is -4.60. The highest BCUT2D eigenvalue weighted by Crippen LogP contribution is 2.38. The van der Waals surface area contributed by atoms with Gasteiger partial charge in [-0.15, -0.1) is 0 Å². The van der Waals surface area contributed by atoms with Gasteiger partial charge in [0.1, 0.15) is 34.1 Å². The van der Waals surface area contributed by atoms with Crippen LogP contribution in [0.5, 0.6) is 28.7 Å². The quantitative estimate of drug-likeness (QED) is 0.278. The van der Waals surface area contributed by atoms with Gasteiger partial charge in [-0.05, 0) is 36.4 Å². The molecule has 0 bridgehead atoms. The van der Waals surface area contributed by atoms with Crippen molar-refractivity contribution in [2.24, 2.45) is 0 Å². The molecular formula is C22H12F2O8. The number of esters is 1. The van der Waals surface area contributed by atoms with E-state index in [4.69, 9.17) is 9.15 Å². The standard InChI is InChI=1S/C22H12F2O8/c23-10-2-3-13(24)12(6-10)22(30)32-21-19(29)18-16(28)7-11(25)8-17(18)31-20(21)9-1-4-14(26)15(27)5-9/h1-8,25-28H. The van der Waals surface area contributed by atoms with E-state index in [1.54, 1.807) is 0 Å². The van der Waals surface area contributed by atoms with Crippen molar-refractivity contribution in [3.8, 4) is 40.1 Å². The van der Waals surface area contributed by atoms with Gasteiger partial charge in [-0.25, -0.2) is 13.6 Å². The fourth-order valence-electron chi connectivity index (χ4n) is 3.02. The number of hydrogen-bond donors (Lipinski definition) is 4. The number of halogens is 2. The summed E-state index contributed by atoms with van der Waals surface area (Å²) in [7, 11) is 0. The third-order valence-electron chi connectivity index (χ3n) is 4.50. The Labute approximate surface area is 176 Å². The smallest absolute Gasteiger partial charge is 0.346 e. The van der Waals surface area contributed by atoms with Crippen LogP contribution >= 0.6 is 0 Å². The number of fused-ring (bicyclic) bond motifs is 1. The minimum Gasteiger partial charge on any atom is -0.508 e. The Balaban J connectivity index is 1.97. The molecule has 0 aliphatic carbocycles. The highest BCUT2D eigenvalue weighted by Gasteiger charge is 2.25. The zero-order valence-electron chi connectivity index (χ0n) is 15.8. The number of carbonyl (C=O) groups is 1. The molecule has 10 heteroatoms. The number of hydrogen-bond acceptors (Lipinski definition) is 8. The lowest BCUT2D eigenvalue weighted by atomic mass is 10.1. The molecule has 0 amide bonds. The molecule has 0 atom stereocenters. The van der Waals surface area contributed by atoms with E-state index in [-0.39, 0.29) is 11.1 Å². The summed E-state index contributed by atoms with van der Waals surface area (Å²) < 4.78 is 38.1. The second kappa shape index (κ2) is 7.58. The van der Waals surface area contributed by atoms with E-state index >= 15 is 0 Å². The summed E-state index contributed by atoms with van der Waals surface area (Å²) in [6.07, 6.45) is 0. The van der Waals surface area contributed by atoms with Gasteiger partial charge in [0.25, 0.3) is 0 Å². The van der Waals surface area contributed by atoms with Crippen LogP contribution in [-0.2, 0) is 0 Å². The first-order valence-corrected chi connectivity index (χ1v) is 8.88. The van der Waals surface area contributed by atoms with Gasteiger partial charge in [0.05, 0.1) is 5.56 Å². The van der Waals surface area contributed by atoms with Crippen LogP contribution < -0.4 is 10.2 Å². The maximum atomic E-state index is 14.0. The van der Waals surface area contributed by atoms with Gasteiger partial charge in [-0.2, -0.15) is 0 Å². The molecule has 0 saturated carbocycles. The number of ether oxygens (including phenoxy) is 1. The van der Waals surface area contributed by atoms with Crippen LogP contribution in [0.4, 0.5) is 8.78 Å². The van der Waals surface area contributed by atoms with Gasteiger partial charge in [0.15, 0.2) is 17.3 Å². The highest BCUT2D eigenvalue weighted by atomic mass is 19.1. The molecule has 4 rings (SSSR count). The maximum Gasteiger partial charge on any atom is 0.346 e. The van der Waals surface area contributed by atoms with Crippen molar-refractivity contribution in [3.63, 3.8) is 0 Å². The van der Waals surface area contributed by atoms with Crippen molar-refractivity contribution >= 4 is 16.9 Å². The second-order valence-corrected chi connectivity index (χ2v) is 6.64. The Morgan fingerprint density at radius 2 is 1.62 bits per heavy atom. The van der Waals surface area contributed by atoms with E-state index in [1.807, 2.05) is 0 Å². The number of aromatic hydroxyl groups is 4. The Bertz CT molecular complexity index is 1460. The molecule has 0 spiro atoms. The van der Waals surface area contributed by atoms with E-state index in [1.165, 1.54) is 6.07 Å². The minimum atomic E-state index is -1.43. The molecule has 1 aromatic heterocycles. The van der Waals surface area contributed by atoms with Gasteiger partial charge in [0, 0.05) is 17.7 Å². The summed E-state index contributed by atoms with van der Waals surface area (Å²) in [5.74, 6) is -6.96. The predicted molar refractivity (Wildman–Crippen MR) is 106 cm³/mol. The second-order valence-electron chi connectivity index (χ2n) is 6.64. The lowest BCUT2D eigenvalue weighted by Gasteiger charge is -2.12. The first-order valence-electron chi connectivity index (χ1n) is 8.88. The summed E-state index contributed by atoms with van der Waals surface area (Å²) in [6.45, 7) is 0. The molecule has 0 unspecified atom stereocenters. The van der Waals surface area contributed by atoms with Gasteiger partial charge in [-0.3, -0.25) is 4.79 Å². The van der Waals surface area contributed by atoms with E-state index < -0.39 is 68.5 Å². The SMILES string of the molecule is O=C(Oc1c(-c2ccc(O)c(O)c2)oc2cc(O)cc(O)c2c1=O)c1cc(F)ccc1F. The molecular weight excluding hydrogens is 430 g/mol. The Morgan fingerprint density at radius 1 is 0.875 bits per heavy atom. The molecule has 1 heterocycles. The Morgan fingerprint density at radius 3 is 2.34 bits per heavy atom. The average molecular weight is 442 g/mol. The fraction of sp³-hybridized carbons (Fsp3) is 0. The lowest BCUT2D eigenvalue weighted by Crippen LogP contribution is -2.17. The minimum absolute atomic E-state index is 0.0513. The van der Waals surface area contributed by atoms with Crippen molar-refractivity contribution < 1.29 is 43.2 Å². The topological polar surface area (TPSA) is 137 Å². The molecule has 0 aliphatic rings. The van der Waals surface area contributed by atoms with Crippen LogP contribution in [0.2, 0.25) is 0 Å². The normalized spacial score (nSPS) is 10.9. The summed E-state index contributed by atoms with van der Waals surface area (Å²) in [4.78, 5) is 25.6. The summed E-state index contributed by atoms with van der Waals surface area (Å²) >= 11 is 0. The van der Waals surface area contributed by atoms with E-state index in [0.29, 0.717) is 12.1 Å². The monoisotopic (exact) mass is 442 g/mol. The summed E-state index contributed by atoms with van der Waals surface area (Å²) in [6, 6.07) is 7.17. The third-order valence-corrected chi connectivity index (χ3v) is 4.50. The van der Waals surface area contributed by atoms with Crippen LogP contribution in [0.3, 0.4) is 0 Å². The third kappa shape index (κ3) is 3.54. The van der Waals surface area contributed by atoms with Gasteiger partial charge < -0.3 is 29.6 Å². The van der Waals surface area contributed by atoms with E-state index in [0.717, 1.165) is 30.3 Å². The first-order chi connectivity index (χ1) is 15.2. The number of rotatable bonds is 3. The number of benzene rings is 3. The molecule has 32 heavy (non-hydrogen) atoms. The average Bonchev–Trinajstić information content (AvgIpc) is 2.73. The van der Waals surface area contributed by atoms with Crippen molar-refractivity contribution in [2.75, 3.05) is 0 Å². The zero-order chi connectivity index (χ0) is 23.2. The zero-order valence-corrected chi connectivity index (χ0v) is 15.8. The van der Waals surface area contributed by atoms with Gasteiger partial charge in [-0.1, -0.05) is 0 Å². The fourth-order valence-corrected chi connectivity index (χ4v) is 3.02. The number of phenols is 4. The van der Waals surface area contributed by atoms with Gasteiger partial charge >= 0.3 is 5.97 Å². The van der Waals surface area contributed by atoms with E-state index in [9.17, 15) is 38.8 Å². The lowest BCUT2D eigenvalue weighted by molar-refractivity contribution is 0.0725. The predicted octanol–water partition coefficient (Wildman–Crippen LogP) is 3.78. The molecule has 0 fully saturated rings. The highest BCUT2D eigenvalue weighted by molar-refractivity contribution is 5.94. The van der Waals surface area contributed by atoms with Crippen LogP contribution in [0.1, 0.15) is 10.4 Å². The van der Waals surface area contributed by atoms with Crippen molar-refractivity contribution in [3.05, 3.63) is 76.0 Å². The van der Waals surface area contributed by atoms with Crippen LogP contribution in [0, 0.1) is 11.6 Å². The summed E-state index contributed by atoms with van der Waals surface area (Å²) in [5, 5.41) is 38.7. The molecule has 162 valence electrons. The first kappa shape index (κ1) is 20.7. The van der Waals surface area contributed by atoms with Crippen LogP contribution in [0.15, 0.2) is 57.7 Å². The maximum absolute atomic E-state index is 14.0. The molecule has 3 aromatic carbocycles. The molecule has 0 radical (unpaired) electrons. The van der Waals surface area contributed by atoms with Crippen molar-refractivity contribution in [1.82, 2.24) is 0 Å². The van der Waals surface area contributed by atoms with E-state index in [2.05, 4.69) is 0 Å². The van der Waals surface area contributed by atoms with Gasteiger partial charge in [0.2, 0.25) is 11.2 Å². The molecule has 4 aromatic rings. The molecule has 4 N–H and O–H groups in total. The molecule has 0 saturated heterocycles. The van der Waals surface area contributed by atoms with Crippen LogP contribution in [0.25, 0.3) is 22.3 Å². The number of carbonyl (C=O) groups excluding carboxylic acids is 1. The Kier molecular flexibility index (Phi) is 4.90. The molecule has 8 nitrogen and oxygen atoms in total. The van der Waals surface area contributed by atoms with Crippen molar-refractivity contribution in [1.29, 1.82) is 0 Å². The summed E-state index contributed by atoms with van der Waals surface area (Å²) in [5.41, 5.74) is -2.23.